The number of rotatable bonds is 8. The predicted octanol–water partition coefficient (Wildman–Crippen LogP) is 4.82. The Morgan fingerprint density at radius 3 is 2.74 bits per heavy atom. The zero-order chi connectivity index (χ0) is 24.2. The lowest BCUT2D eigenvalue weighted by Crippen LogP contribution is -2.35. The highest BCUT2D eigenvalue weighted by Gasteiger charge is 2.26. The van der Waals surface area contributed by atoms with Crippen molar-refractivity contribution < 1.29 is 9.53 Å². The monoisotopic (exact) mass is 493 g/mol. The third kappa shape index (κ3) is 5.64. The second-order valence-electron chi connectivity index (χ2n) is 9.84. The fourth-order valence-corrected chi connectivity index (χ4v) is 5.86. The number of ether oxygens (including phenoxy) is 1. The van der Waals surface area contributed by atoms with Crippen LogP contribution in [0.3, 0.4) is 0 Å². The van der Waals surface area contributed by atoms with E-state index in [1.807, 2.05) is 25.1 Å². The fourth-order valence-electron chi connectivity index (χ4n) is 5.10. The van der Waals surface area contributed by atoms with Crippen LogP contribution in [0.15, 0.2) is 47.6 Å². The molecule has 0 bridgehead atoms. The zero-order valence-corrected chi connectivity index (χ0v) is 21.5. The fraction of sp³-hybridized carbons (Fsp3) is 0.519. The molecule has 8 heteroatoms. The van der Waals surface area contributed by atoms with Gasteiger partial charge in [0.25, 0.3) is 0 Å². The van der Waals surface area contributed by atoms with Crippen molar-refractivity contribution in [1.29, 1.82) is 0 Å². The van der Waals surface area contributed by atoms with E-state index in [2.05, 4.69) is 56.2 Å². The number of nitrogens with one attached hydrogen (secondary N) is 1. The van der Waals surface area contributed by atoms with Crippen molar-refractivity contribution in [2.45, 2.75) is 63.4 Å². The molecule has 0 saturated carbocycles. The van der Waals surface area contributed by atoms with Crippen LogP contribution in [0.5, 0.6) is 0 Å². The van der Waals surface area contributed by atoms with Crippen molar-refractivity contribution >= 4 is 34.4 Å². The van der Waals surface area contributed by atoms with E-state index in [1.165, 1.54) is 35.4 Å². The molecule has 1 aromatic heterocycles. The number of thioether (sulfide) groups is 1. The highest BCUT2D eigenvalue weighted by Crippen LogP contribution is 2.29. The van der Waals surface area contributed by atoms with Crippen LogP contribution in [0.4, 0.5) is 5.95 Å². The summed E-state index contributed by atoms with van der Waals surface area (Å²) < 4.78 is 8.10. The molecule has 2 fully saturated rings. The minimum Gasteiger partial charge on any atom is -0.376 e. The Bertz CT molecular complexity index is 1150. The van der Waals surface area contributed by atoms with E-state index < -0.39 is 0 Å². The largest absolute Gasteiger partial charge is 0.376 e. The number of nitrogens with zero attached hydrogens (tertiary/aromatic N) is 4. The average molecular weight is 494 g/mol. The van der Waals surface area contributed by atoms with Crippen molar-refractivity contribution in [2.75, 3.05) is 30.3 Å². The first-order valence-corrected chi connectivity index (χ1v) is 13.8. The van der Waals surface area contributed by atoms with Gasteiger partial charge >= 0.3 is 0 Å². The molecule has 2 atom stereocenters. The van der Waals surface area contributed by atoms with Crippen molar-refractivity contribution in [3.05, 3.63) is 48.0 Å². The molecule has 2 unspecified atom stereocenters. The van der Waals surface area contributed by atoms with Gasteiger partial charge in [0.05, 0.1) is 24.4 Å². The summed E-state index contributed by atoms with van der Waals surface area (Å²) >= 11 is 1.46. The molecule has 2 saturated heterocycles. The minimum absolute atomic E-state index is 0.00421. The number of fused-ring (bicyclic) bond motifs is 1. The summed E-state index contributed by atoms with van der Waals surface area (Å²) in [6.45, 7) is 7.91. The molecular weight excluding hydrogens is 458 g/mol. The molecule has 0 spiro atoms. The number of hydrogen-bond donors (Lipinski definition) is 1. The second kappa shape index (κ2) is 11.0. The van der Waals surface area contributed by atoms with Crippen LogP contribution in [-0.4, -0.2) is 52.2 Å². The highest BCUT2D eigenvalue weighted by molar-refractivity contribution is 7.99. The van der Waals surface area contributed by atoms with Gasteiger partial charge in [-0.3, -0.25) is 9.36 Å². The van der Waals surface area contributed by atoms with E-state index in [4.69, 9.17) is 4.74 Å². The van der Waals surface area contributed by atoms with Crippen LogP contribution in [0.25, 0.3) is 10.8 Å². The van der Waals surface area contributed by atoms with Gasteiger partial charge in [-0.1, -0.05) is 61.2 Å². The lowest BCUT2D eigenvalue weighted by molar-refractivity contribution is -0.119. The van der Waals surface area contributed by atoms with E-state index in [0.29, 0.717) is 5.75 Å². The molecule has 186 valence electrons. The van der Waals surface area contributed by atoms with Crippen molar-refractivity contribution in [1.82, 2.24) is 20.1 Å². The Morgan fingerprint density at radius 2 is 1.94 bits per heavy atom. The van der Waals surface area contributed by atoms with Gasteiger partial charge in [0.15, 0.2) is 5.16 Å². The number of piperidine rings is 1. The molecule has 0 aliphatic carbocycles. The van der Waals surface area contributed by atoms with Crippen LogP contribution in [0, 0.1) is 5.92 Å². The Labute approximate surface area is 211 Å². The molecular formula is C27H35N5O2S. The van der Waals surface area contributed by atoms with Crippen molar-refractivity contribution in [3.8, 4) is 0 Å². The Morgan fingerprint density at radius 1 is 1.14 bits per heavy atom. The average Bonchev–Trinajstić information content (AvgIpc) is 3.53. The number of carbonyl (C=O) groups excluding carboxylic acids is 1. The molecule has 0 radical (unpaired) electrons. The number of hydrogen-bond acceptors (Lipinski definition) is 6. The zero-order valence-electron chi connectivity index (χ0n) is 20.7. The molecule has 1 N–H and O–H groups in total. The van der Waals surface area contributed by atoms with Crippen LogP contribution >= 0.6 is 11.8 Å². The lowest BCUT2D eigenvalue weighted by Gasteiger charge is -2.31. The van der Waals surface area contributed by atoms with Gasteiger partial charge in [-0.2, -0.15) is 0 Å². The van der Waals surface area contributed by atoms with Gasteiger partial charge in [-0.15, -0.1) is 10.2 Å². The van der Waals surface area contributed by atoms with Crippen LogP contribution in [0.2, 0.25) is 0 Å². The van der Waals surface area contributed by atoms with E-state index in [0.717, 1.165) is 61.7 Å². The predicted molar refractivity (Wildman–Crippen MR) is 141 cm³/mol. The first-order valence-electron chi connectivity index (χ1n) is 12.8. The molecule has 1 amide bonds. The molecule has 3 aromatic rings. The summed E-state index contributed by atoms with van der Waals surface area (Å²) in [6, 6.07) is 14.4. The Kier molecular flexibility index (Phi) is 7.58. The third-order valence-electron chi connectivity index (χ3n) is 7.17. The summed E-state index contributed by atoms with van der Waals surface area (Å²) in [7, 11) is 0. The van der Waals surface area contributed by atoms with Gasteiger partial charge in [-0.25, -0.2) is 0 Å². The summed E-state index contributed by atoms with van der Waals surface area (Å²) in [5.74, 6) is 1.97. The Hall–Kier alpha value is -2.58. The molecule has 35 heavy (non-hydrogen) atoms. The Balaban J connectivity index is 1.26. The van der Waals surface area contributed by atoms with Crippen molar-refractivity contribution in [3.63, 3.8) is 0 Å². The maximum Gasteiger partial charge on any atom is 0.230 e. The molecule has 3 heterocycles. The van der Waals surface area contributed by atoms with Gasteiger partial charge in [0, 0.05) is 19.7 Å². The van der Waals surface area contributed by atoms with Crippen molar-refractivity contribution in [2.24, 2.45) is 5.92 Å². The van der Waals surface area contributed by atoms with Crippen LogP contribution < -0.4 is 10.2 Å². The maximum atomic E-state index is 12.9. The van der Waals surface area contributed by atoms with Crippen LogP contribution in [-0.2, 0) is 16.1 Å². The number of amides is 1. The van der Waals surface area contributed by atoms with E-state index in [9.17, 15) is 4.79 Å². The van der Waals surface area contributed by atoms with Crippen LogP contribution in [0.1, 0.15) is 51.1 Å². The number of carbonyl (C=O) groups is 1. The number of aromatic nitrogens is 3. The molecule has 2 aliphatic heterocycles. The molecule has 5 rings (SSSR count). The van der Waals surface area contributed by atoms with E-state index in [1.54, 1.807) is 0 Å². The minimum atomic E-state index is -0.0788. The van der Waals surface area contributed by atoms with Gasteiger partial charge in [0.1, 0.15) is 0 Å². The molecule has 2 aliphatic rings. The van der Waals surface area contributed by atoms with Gasteiger partial charge < -0.3 is 15.0 Å². The van der Waals surface area contributed by atoms with Gasteiger partial charge in [-0.05, 0) is 54.9 Å². The highest BCUT2D eigenvalue weighted by atomic mass is 32.2. The summed E-state index contributed by atoms with van der Waals surface area (Å²) in [6.07, 6.45) is 4.68. The normalized spacial score (nSPS) is 19.8. The van der Waals surface area contributed by atoms with E-state index >= 15 is 0 Å². The van der Waals surface area contributed by atoms with Gasteiger partial charge in [0.2, 0.25) is 11.9 Å². The maximum absolute atomic E-state index is 12.9. The number of anilines is 1. The quantitative estimate of drug-likeness (QED) is 0.454. The SMILES string of the molecule is CC1CCN(c2nnc(SCC(=O)NC(C)c3cccc4ccccc34)n2CC2CCCO2)CC1. The summed E-state index contributed by atoms with van der Waals surface area (Å²) in [4.78, 5) is 15.3. The lowest BCUT2D eigenvalue weighted by atomic mass is 10.00. The van der Waals surface area contributed by atoms with E-state index in [-0.39, 0.29) is 18.1 Å². The first kappa shape index (κ1) is 24.1. The summed E-state index contributed by atoms with van der Waals surface area (Å²) in [5.41, 5.74) is 1.13. The first-order chi connectivity index (χ1) is 17.1. The molecule has 2 aromatic carbocycles. The topological polar surface area (TPSA) is 72.3 Å². The molecule has 7 nitrogen and oxygen atoms in total. The second-order valence-corrected chi connectivity index (χ2v) is 10.8. The summed E-state index contributed by atoms with van der Waals surface area (Å²) in [5, 5.41) is 15.4. The number of benzene rings is 2. The standard InChI is InChI=1S/C27H35N5O2S/c1-19-12-14-31(15-13-19)26-29-30-27(32(26)17-22-9-6-16-34-22)35-18-25(33)28-20(2)23-11-5-8-21-7-3-4-10-24(21)23/h3-5,7-8,10-11,19-20,22H,6,9,12-18H2,1-2H3,(H,28,33). The third-order valence-corrected chi connectivity index (χ3v) is 8.14. The smallest absolute Gasteiger partial charge is 0.230 e.